The van der Waals surface area contributed by atoms with Crippen molar-refractivity contribution in [2.45, 2.75) is 9.79 Å². The topological polar surface area (TPSA) is 59.5 Å². The van der Waals surface area contributed by atoms with Crippen molar-refractivity contribution in [3.05, 3.63) is 42.7 Å². The largest absolute Gasteiger partial charge is 0.497 e. The van der Waals surface area contributed by atoms with Crippen LogP contribution in [0.2, 0.25) is 0 Å². The van der Waals surface area contributed by atoms with E-state index in [1.807, 2.05) is 6.07 Å². The molecular weight excluding hydrogens is 308 g/mol. The van der Waals surface area contributed by atoms with Crippen molar-refractivity contribution < 1.29 is 13.2 Å². The van der Waals surface area contributed by atoms with Crippen LogP contribution >= 0.6 is 11.8 Å². The number of benzene rings is 1. The summed E-state index contributed by atoms with van der Waals surface area (Å²) in [6.45, 7) is 0.442. The van der Waals surface area contributed by atoms with Crippen LogP contribution in [0.3, 0.4) is 0 Å². The lowest BCUT2D eigenvalue weighted by Gasteiger charge is -2.29. The van der Waals surface area contributed by atoms with Gasteiger partial charge in [-0.15, -0.1) is 11.8 Å². The fraction of sp³-hybridized carbons (Fsp3) is 0.214. The van der Waals surface area contributed by atoms with Gasteiger partial charge in [0.05, 0.1) is 23.9 Å². The van der Waals surface area contributed by atoms with E-state index in [0.29, 0.717) is 18.0 Å². The highest BCUT2D eigenvalue weighted by Gasteiger charge is 2.29. The lowest BCUT2D eigenvalue weighted by atomic mass is 10.3. The number of aromatic nitrogens is 1. The van der Waals surface area contributed by atoms with Gasteiger partial charge in [0.2, 0.25) is 0 Å². The van der Waals surface area contributed by atoms with Gasteiger partial charge in [-0.25, -0.2) is 8.42 Å². The average Bonchev–Trinajstić information content (AvgIpc) is 2.54. The number of anilines is 1. The average molecular weight is 322 g/mol. The molecule has 0 fully saturated rings. The SMILES string of the molecule is COc1ccc(S(=O)(=O)N2CCSc3ccncc32)cc1. The first-order valence-corrected chi connectivity index (χ1v) is 8.79. The molecule has 0 unspecified atom stereocenters. The van der Waals surface area contributed by atoms with E-state index in [0.717, 1.165) is 10.6 Å². The van der Waals surface area contributed by atoms with Gasteiger partial charge in [-0.05, 0) is 30.3 Å². The molecule has 21 heavy (non-hydrogen) atoms. The van der Waals surface area contributed by atoms with Crippen LogP contribution in [0.25, 0.3) is 0 Å². The van der Waals surface area contributed by atoms with Gasteiger partial charge < -0.3 is 4.74 Å². The minimum Gasteiger partial charge on any atom is -0.497 e. The standard InChI is InChI=1S/C14H14N2O3S2/c1-19-11-2-4-12(5-3-11)21(17,18)16-8-9-20-14-6-7-15-10-13(14)16/h2-7,10H,8-9H2,1H3. The monoisotopic (exact) mass is 322 g/mol. The highest BCUT2D eigenvalue weighted by molar-refractivity contribution is 8.00. The second-order valence-electron chi connectivity index (χ2n) is 4.44. The third-order valence-electron chi connectivity index (χ3n) is 3.23. The number of thioether (sulfide) groups is 1. The number of methoxy groups -OCH3 is 1. The van der Waals surface area contributed by atoms with Gasteiger partial charge in [-0.2, -0.15) is 0 Å². The second-order valence-corrected chi connectivity index (χ2v) is 7.44. The van der Waals surface area contributed by atoms with Gasteiger partial charge in [0.25, 0.3) is 10.0 Å². The van der Waals surface area contributed by atoms with E-state index in [1.165, 1.54) is 4.31 Å². The normalized spacial score (nSPS) is 14.6. The van der Waals surface area contributed by atoms with Gasteiger partial charge in [0.15, 0.2) is 0 Å². The van der Waals surface area contributed by atoms with Crippen LogP contribution in [-0.4, -0.2) is 32.8 Å². The molecule has 1 aliphatic heterocycles. The highest BCUT2D eigenvalue weighted by atomic mass is 32.2. The number of sulfonamides is 1. The van der Waals surface area contributed by atoms with Crippen molar-refractivity contribution >= 4 is 27.5 Å². The molecule has 0 amide bonds. The molecule has 2 aromatic rings. The van der Waals surface area contributed by atoms with E-state index in [2.05, 4.69) is 4.98 Å². The molecule has 5 nitrogen and oxygen atoms in total. The fourth-order valence-electron chi connectivity index (χ4n) is 2.17. The van der Waals surface area contributed by atoms with Crippen LogP contribution in [-0.2, 0) is 10.0 Å². The summed E-state index contributed by atoms with van der Waals surface area (Å²) < 4.78 is 32.1. The number of hydrogen-bond acceptors (Lipinski definition) is 5. The van der Waals surface area contributed by atoms with Crippen LogP contribution in [0.1, 0.15) is 0 Å². The van der Waals surface area contributed by atoms with Gasteiger partial charge in [0.1, 0.15) is 5.75 Å². The molecule has 0 radical (unpaired) electrons. The Kier molecular flexibility index (Phi) is 3.77. The first-order valence-electron chi connectivity index (χ1n) is 6.36. The first kappa shape index (κ1) is 14.2. The molecule has 3 rings (SSSR count). The summed E-state index contributed by atoms with van der Waals surface area (Å²) in [5.41, 5.74) is 0.643. The Morgan fingerprint density at radius 1 is 1.24 bits per heavy atom. The predicted octanol–water partition coefficient (Wildman–Crippen LogP) is 2.39. The van der Waals surface area contributed by atoms with Crippen molar-refractivity contribution in [1.82, 2.24) is 4.98 Å². The van der Waals surface area contributed by atoms with E-state index >= 15 is 0 Å². The minimum absolute atomic E-state index is 0.255. The van der Waals surface area contributed by atoms with Crippen molar-refractivity contribution in [1.29, 1.82) is 0 Å². The summed E-state index contributed by atoms with van der Waals surface area (Å²) >= 11 is 1.64. The van der Waals surface area contributed by atoms with E-state index < -0.39 is 10.0 Å². The third-order valence-corrected chi connectivity index (χ3v) is 6.10. The molecule has 110 valence electrons. The van der Waals surface area contributed by atoms with E-state index in [4.69, 9.17) is 4.74 Å². The molecule has 0 spiro atoms. The van der Waals surface area contributed by atoms with Gasteiger partial charge in [-0.1, -0.05) is 0 Å². The van der Waals surface area contributed by atoms with E-state index in [1.54, 1.807) is 55.5 Å². The smallest absolute Gasteiger partial charge is 0.264 e. The summed E-state index contributed by atoms with van der Waals surface area (Å²) in [6, 6.07) is 8.26. The zero-order valence-corrected chi connectivity index (χ0v) is 13.0. The Morgan fingerprint density at radius 2 is 2.00 bits per heavy atom. The molecule has 1 aliphatic rings. The lowest BCUT2D eigenvalue weighted by molar-refractivity contribution is 0.414. The molecule has 0 bridgehead atoms. The van der Waals surface area contributed by atoms with Crippen LogP contribution in [0.5, 0.6) is 5.75 Å². The van der Waals surface area contributed by atoms with Crippen LogP contribution in [0.15, 0.2) is 52.5 Å². The fourth-order valence-corrected chi connectivity index (χ4v) is 4.77. The molecule has 0 saturated heterocycles. The van der Waals surface area contributed by atoms with Crippen LogP contribution in [0, 0.1) is 0 Å². The maximum Gasteiger partial charge on any atom is 0.264 e. The number of pyridine rings is 1. The zero-order chi connectivity index (χ0) is 14.9. The molecule has 7 heteroatoms. The van der Waals surface area contributed by atoms with Crippen molar-refractivity contribution in [3.63, 3.8) is 0 Å². The van der Waals surface area contributed by atoms with Crippen molar-refractivity contribution in [2.75, 3.05) is 23.7 Å². The highest BCUT2D eigenvalue weighted by Crippen LogP contribution is 2.36. The quantitative estimate of drug-likeness (QED) is 0.868. The lowest BCUT2D eigenvalue weighted by Crippen LogP contribution is -2.35. The summed E-state index contributed by atoms with van der Waals surface area (Å²) in [6.07, 6.45) is 3.28. The molecular formula is C14H14N2O3S2. The minimum atomic E-state index is -3.58. The number of fused-ring (bicyclic) bond motifs is 1. The Bertz CT molecular complexity index is 745. The van der Waals surface area contributed by atoms with E-state index in [-0.39, 0.29) is 4.90 Å². The zero-order valence-electron chi connectivity index (χ0n) is 11.4. The molecule has 0 aliphatic carbocycles. The molecule has 1 aromatic heterocycles. The summed E-state index contributed by atoms with van der Waals surface area (Å²) in [4.78, 5) is 5.24. The molecule has 2 heterocycles. The summed E-state index contributed by atoms with van der Waals surface area (Å²) in [5.74, 6) is 1.36. The second kappa shape index (κ2) is 5.57. The number of ether oxygens (including phenoxy) is 1. The number of nitrogens with zero attached hydrogens (tertiary/aromatic N) is 2. The van der Waals surface area contributed by atoms with Gasteiger partial charge >= 0.3 is 0 Å². The maximum absolute atomic E-state index is 12.8. The number of rotatable bonds is 3. The summed E-state index contributed by atoms with van der Waals surface area (Å²) in [5, 5.41) is 0. The Hall–Kier alpha value is -1.73. The predicted molar refractivity (Wildman–Crippen MR) is 82.5 cm³/mol. The van der Waals surface area contributed by atoms with Crippen molar-refractivity contribution in [2.24, 2.45) is 0 Å². The Labute approximate surface area is 128 Å². The van der Waals surface area contributed by atoms with Crippen molar-refractivity contribution in [3.8, 4) is 5.75 Å². The van der Waals surface area contributed by atoms with Crippen LogP contribution < -0.4 is 9.04 Å². The van der Waals surface area contributed by atoms with Crippen LogP contribution in [0.4, 0.5) is 5.69 Å². The Morgan fingerprint density at radius 3 is 2.71 bits per heavy atom. The first-order chi connectivity index (χ1) is 10.1. The number of hydrogen-bond donors (Lipinski definition) is 0. The third kappa shape index (κ3) is 2.58. The molecule has 0 N–H and O–H groups in total. The van der Waals surface area contributed by atoms with E-state index in [9.17, 15) is 8.42 Å². The van der Waals surface area contributed by atoms with Gasteiger partial charge in [0, 0.05) is 23.4 Å². The summed E-state index contributed by atoms with van der Waals surface area (Å²) in [7, 11) is -2.03. The molecule has 0 saturated carbocycles. The Balaban J connectivity index is 2.02. The maximum atomic E-state index is 12.8. The van der Waals surface area contributed by atoms with Gasteiger partial charge in [-0.3, -0.25) is 9.29 Å². The molecule has 1 aromatic carbocycles. The molecule has 0 atom stereocenters.